The first-order chi connectivity index (χ1) is 12.6. The molecule has 0 saturated heterocycles. The quantitative estimate of drug-likeness (QED) is 0.463. The highest BCUT2D eigenvalue weighted by molar-refractivity contribution is 5.92. The van der Waals surface area contributed by atoms with E-state index in [2.05, 4.69) is 29.5 Å². The molecule has 1 aromatic rings. The molecular formula is C20H31N3O3. The van der Waals surface area contributed by atoms with Gasteiger partial charge in [0.05, 0.1) is 20.8 Å². The summed E-state index contributed by atoms with van der Waals surface area (Å²) < 4.78 is 10.1. The molecule has 26 heavy (non-hydrogen) atoms. The lowest BCUT2D eigenvalue weighted by atomic mass is 9.87. The van der Waals surface area contributed by atoms with Gasteiger partial charge in [-0.15, -0.1) is 0 Å². The molecule has 6 heteroatoms. The molecular weight excluding hydrogens is 330 g/mol. The number of guanidine groups is 1. The number of rotatable bonds is 6. The minimum absolute atomic E-state index is 0.408. The molecule has 0 bridgehead atoms. The van der Waals surface area contributed by atoms with Gasteiger partial charge in [0.15, 0.2) is 5.96 Å². The summed E-state index contributed by atoms with van der Waals surface area (Å²) in [7, 11) is 2.91. The monoisotopic (exact) mass is 361 g/mol. The number of hydrogen-bond acceptors (Lipinski definition) is 4. The number of nitrogens with one attached hydrogen (secondary N) is 2. The van der Waals surface area contributed by atoms with Gasteiger partial charge in [0.2, 0.25) is 0 Å². The Morgan fingerprint density at radius 3 is 2.58 bits per heavy atom. The maximum absolute atomic E-state index is 11.9. The van der Waals surface area contributed by atoms with Crippen molar-refractivity contribution in [2.75, 3.05) is 20.8 Å². The summed E-state index contributed by atoms with van der Waals surface area (Å²) in [5.74, 6) is 1.74. The van der Waals surface area contributed by atoms with Crippen LogP contribution in [0.2, 0.25) is 0 Å². The highest BCUT2D eigenvalue weighted by Crippen LogP contribution is 2.23. The molecule has 0 unspecified atom stereocenters. The van der Waals surface area contributed by atoms with Gasteiger partial charge in [0.1, 0.15) is 11.3 Å². The van der Waals surface area contributed by atoms with Crippen molar-refractivity contribution in [1.29, 1.82) is 0 Å². The molecule has 1 aliphatic rings. The number of carbonyl (C=O) groups excluding carboxylic acids is 1. The molecule has 1 fully saturated rings. The van der Waals surface area contributed by atoms with E-state index in [1.807, 2.05) is 6.07 Å². The highest BCUT2D eigenvalue weighted by Gasteiger charge is 2.19. The number of methoxy groups -OCH3 is 2. The lowest BCUT2D eigenvalue weighted by molar-refractivity contribution is 0.0597. The zero-order valence-electron chi connectivity index (χ0n) is 16.3. The second kappa shape index (κ2) is 10.0. The predicted molar refractivity (Wildman–Crippen MR) is 104 cm³/mol. The van der Waals surface area contributed by atoms with Crippen molar-refractivity contribution in [3.63, 3.8) is 0 Å². The van der Waals surface area contributed by atoms with Gasteiger partial charge in [-0.05, 0) is 56.2 Å². The van der Waals surface area contributed by atoms with Crippen molar-refractivity contribution in [3.05, 3.63) is 29.3 Å². The van der Waals surface area contributed by atoms with Crippen LogP contribution in [0.15, 0.2) is 23.2 Å². The third kappa shape index (κ3) is 5.64. The van der Waals surface area contributed by atoms with Crippen molar-refractivity contribution in [2.24, 2.45) is 10.9 Å². The first kappa shape index (κ1) is 20.1. The number of nitrogens with zero attached hydrogens (tertiary/aromatic N) is 1. The zero-order chi connectivity index (χ0) is 18.9. The number of benzene rings is 1. The summed E-state index contributed by atoms with van der Waals surface area (Å²) in [6.45, 7) is 5.67. The van der Waals surface area contributed by atoms with Gasteiger partial charge in [0.25, 0.3) is 0 Å². The van der Waals surface area contributed by atoms with E-state index in [0.29, 0.717) is 23.9 Å². The van der Waals surface area contributed by atoms with Crippen LogP contribution >= 0.6 is 0 Å². The van der Waals surface area contributed by atoms with Crippen LogP contribution in [-0.2, 0) is 11.3 Å². The Hall–Kier alpha value is -2.24. The smallest absolute Gasteiger partial charge is 0.341 e. The van der Waals surface area contributed by atoms with Gasteiger partial charge in [0, 0.05) is 12.6 Å². The maximum atomic E-state index is 11.9. The standard InChI is InChI=1S/C20H31N3O3/c1-5-21-20(23-16-9-6-14(2)7-10-16)22-13-15-8-11-18(25-3)17(12-15)19(24)26-4/h8,11-12,14,16H,5-7,9-10,13H2,1-4H3,(H2,21,22,23). The summed E-state index contributed by atoms with van der Waals surface area (Å²) >= 11 is 0. The fourth-order valence-electron chi connectivity index (χ4n) is 3.21. The highest BCUT2D eigenvalue weighted by atomic mass is 16.5. The largest absolute Gasteiger partial charge is 0.496 e. The molecule has 2 N–H and O–H groups in total. The third-order valence-electron chi connectivity index (χ3n) is 4.79. The molecule has 0 heterocycles. The number of hydrogen-bond donors (Lipinski definition) is 2. The molecule has 0 radical (unpaired) electrons. The summed E-state index contributed by atoms with van der Waals surface area (Å²) in [5, 5.41) is 6.85. The van der Waals surface area contributed by atoms with Gasteiger partial charge in [-0.25, -0.2) is 9.79 Å². The van der Waals surface area contributed by atoms with Gasteiger partial charge < -0.3 is 20.1 Å². The number of carbonyl (C=O) groups is 1. The Labute approximate surface area is 156 Å². The van der Waals surface area contributed by atoms with E-state index >= 15 is 0 Å². The Kier molecular flexibility index (Phi) is 7.75. The average molecular weight is 361 g/mol. The molecule has 6 nitrogen and oxygen atoms in total. The second-order valence-corrected chi connectivity index (χ2v) is 6.82. The van der Waals surface area contributed by atoms with Gasteiger partial charge in [-0.2, -0.15) is 0 Å². The van der Waals surface area contributed by atoms with E-state index in [9.17, 15) is 4.79 Å². The Bertz CT molecular complexity index is 623. The van der Waals surface area contributed by atoms with Gasteiger partial charge in [-0.1, -0.05) is 13.0 Å². The van der Waals surface area contributed by atoms with Crippen LogP contribution in [0.5, 0.6) is 5.75 Å². The SMILES string of the molecule is CCNC(=NCc1ccc(OC)c(C(=O)OC)c1)NC1CCC(C)CC1. The summed E-state index contributed by atoms with van der Waals surface area (Å²) in [6, 6.07) is 5.95. The van der Waals surface area contributed by atoms with Crippen LogP contribution in [0, 0.1) is 5.92 Å². The maximum Gasteiger partial charge on any atom is 0.341 e. The normalized spacial score (nSPS) is 20.4. The molecule has 1 aliphatic carbocycles. The molecule has 1 aromatic carbocycles. The number of esters is 1. The Morgan fingerprint density at radius 1 is 1.23 bits per heavy atom. The van der Waals surface area contributed by atoms with Crippen molar-refractivity contribution in [3.8, 4) is 5.75 Å². The lowest BCUT2D eigenvalue weighted by Crippen LogP contribution is -2.44. The van der Waals surface area contributed by atoms with E-state index in [1.165, 1.54) is 39.9 Å². The zero-order valence-corrected chi connectivity index (χ0v) is 16.3. The molecule has 0 atom stereocenters. The number of aliphatic imine (C=N–C) groups is 1. The van der Waals surface area contributed by atoms with E-state index in [-0.39, 0.29) is 0 Å². The molecule has 144 valence electrons. The van der Waals surface area contributed by atoms with E-state index in [0.717, 1.165) is 24.0 Å². The molecule has 0 aromatic heterocycles. The first-order valence-corrected chi connectivity index (χ1v) is 9.37. The fraction of sp³-hybridized carbons (Fsp3) is 0.600. The van der Waals surface area contributed by atoms with Crippen LogP contribution in [-0.4, -0.2) is 38.7 Å². The molecule has 0 aliphatic heterocycles. The van der Waals surface area contributed by atoms with Crippen molar-refractivity contribution < 1.29 is 14.3 Å². The van der Waals surface area contributed by atoms with E-state index in [1.54, 1.807) is 12.1 Å². The molecule has 2 rings (SSSR count). The first-order valence-electron chi connectivity index (χ1n) is 9.37. The predicted octanol–water partition coefficient (Wildman–Crippen LogP) is 3.12. The van der Waals surface area contributed by atoms with Crippen LogP contribution in [0.1, 0.15) is 55.5 Å². The van der Waals surface area contributed by atoms with E-state index < -0.39 is 5.97 Å². The summed E-state index contributed by atoms with van der Waals surface area (Å²) in [5.41, 5.74) is 1.35. The third-order valence-corrected chi connectivity index (χ3v) is 4.79. The van der Waals surface area contributed by atoms with Gasteiger partial charge in [-0.3, -0.25) is 0 Å². The fourth-order valence-corrected chi connectivity index (χ4v) is 3.21. The van der Waals surface area contributed by atoms with Gasteiger partial charge >= 0.3 is 5.97 Å². The average Bonchev–Trinajstić information content (AvgIpc) is 2.67. The summed E-state index contributed by atoms with van der Waals surface area (Å²) in [4.78, 5) is 16.6. The minimum Gasteiger partial charge on any atom is -0.496 e. The Balaban J connectivity index is 2.07. The number of ether oxygens (including phenoxy) is 2. The van der Waals surface area contributed by atoms with Crippen LogP contribution < -0.4 is 15.4 Å². The minimum atomic E-state index is -0.408. The van der Waals surface area contributed by atoms with Crippen molar-refractivity contribution in [2.45, 2.75) is 52.1 Å². The van der Waals surface area contributed by atoms with Crippen LogP contribution in [0.25, 0.3) is 0 Å². The van der Waals surface area contributed by atoms with E-state index in [4.69, 9.17) is 9.47 Å². The topological polar surface area (TPSA) is 72.0 Å². The molecule has 0 amide bonds. The Morgan fingerprint density at radius 2 is 1.96 bits per heavy atom. The summed E-state index contributed by atoms with van der Waals surface area (Å²) in [6.07, 6.45) is 4.89. The molecule has 0 spiro atoms. The second-order valence-electron chi connectivity index (χ2n) is 6.82. The lowest BCUT2D eigenvalue weighted by Gasteiger charge is -2.28. The molecule has 1 saturated carbocycles. The van der Waals surface area contributed by atoms with Crippen LogP contribution in [0.3, 0.4) is 0 Å². The van der Waals surface area contributed by atoms with Crippen molar-refractivity contribution in [1.82, 2.24) is 10.6 Å². The van der Waals surface area contributed by atoms with Crippen molar-refractivity contribution >= 4 is 11.9 Å². The van der Waals surface area contributed by atoms with Crippen LogP contribution in [0.4, 0.5) is 0 Å².